The van der Waals surface area contributed by atoms with E-state index in [1.165, 1.54) is 57.8 Å². The fourth-order valence-electron chi connectivity index (χ4n) is 6.58. The molecular weight excluding hydrogens is 370 g/mol. The Hall–Kier alpha value is -0.703. The van der Waals surface area contributed by atoms with Crippen molar-refractivity contribution in [3.63, 3.8) is 0 Å². The van der Waals surface area contributed by atoms with Gasteiger partial charge in [-0.3, -0.25) is 0 Å². The van der Waals surface area contributed by atoms with E-state index in [-0.39, 0.29) is 6.04 Å². The Balaban J connectivity index is 2.30. The molecular formula is C26H48NOSi+. The first-order valence-electron chi connectivity index (χ1n) is 12.5. The van der Waals surface area contributed by atoms with Crippen LogP contribution in [0.3, 0.4) is 0 Å². The van der Waals surface area contributed by atoms with Crippen LogP contribution >= 0.6 is 0 Å². The lowest BCUT2D eigenvalue weighted by Gasteiger charge is -2.33. The molecule has 5 unspecified atom stereocenters. The monoisotopic (exact) mass is 418 g/mol. The van der Waals surface area contributed by atoms with Crippen molar-refractivity contribution in [3.05, 3.63) is 29.3 Å². The fourth-order valence-corrected chi connectivity index (χ4v) is 11.7. The van der Waals surface area contributed by atoms with Gasteiger partial charge in [0, 0.05) is 23.6 Å². The average molecular weight is 419 g/mol. The van der Waals surface area contributed by atoms with Gasteiger partial charge in [-0.1, -0.05) is 96.3 Å². The zero-order valence-electron chi connectivity index (χ0n) is 20.1. The Bertz CT molecular complexity index is 547. The summed E-state index contributed by atoms with van der Waals surface area (Å²) in [5, 5.41) is 1.06. The molecule has 0 N–H and O–H groups in total. The number of hydrogen-bond donors (Lipinski definition) is 0. The number of hydrogen-bond acceptors (Lipinski definition) is 1. The highest BCUT2D eigenvalue weighted by molar-refractivity contribution is 6.80. The van der Waals surface area contributed by atoms with E-state index >= 15 is 0 Å². The van der Waals surface area contributed by atoms with Crippen LogP contribution in [0, 0.1) is 28.6 Å². The number of nitroso groups, excluding NO2 is 1. The molecule has 29 heavy (non-hydrogen) atoms. The molecule has 3 heteroatoms. The molecule has 2 rings (SSSR count). The van der Waals surface area contributed by atoms with Gasteiger partial charge in [-0.2, -0.15) is 0 Å². The van der Waals surface area contributed by atoms with Gasteiger partial charge in [-0.15, -0.1) is 0 Å². The third kappa shape index (κ3) is 5.32. The lowest BCUT2D eigenvalue weighted by molar-refractivity contribution is -0.473. The summed E-state index contributed by atoms with van der Waals surface area (Å²) >= 11 is 0. The summed E-state index contributed by atoms with van der Waals surface area (Å²) in [4.78, 5) is 14.2. The van der Waals surface area contributed by atoms with Crippen LogP contribution in [-0.4, -0.2) is 18.7 Å². The van der Waals surface area contributed by atoms with Crippen LogP contribution in [0.1, 0.15) is 98.3 Å². The molecule has 2 fully saturated rings. The van der Waals surface area contributed by atoms with Gasteiger partial charge in [0.05, 0.1) is 0 Å². The first kappa shape index (κ1) is 24.6. The third-order valence-corrected chi connectivity index (χ3v) is 14.2. The highest BCUT2D eigenvalue weighted by atomic mass is 28.3. The van der Waals surface area contributed by atoms with E-state index in [9.17, 15) is 4.91 Å². The molecule has 2 saturated carbocycles. The highest BCUT2D eigenvalue weighted by Gasteiger charge is 2.64. The van der Waals surface area contributed by atoms with Gasteiger partial charge in [0.25, 0.3) is 0 Å². The minimum absolute atomic E-state index is 0.174. The van der Waals surface area contributed by atoms with Gasteiger partial charge in [0.1, 0.15) is 0 Å². The van der Waals surface area contributed by atoms with Crippen molar-refractivity contribution < 1.29 is 4.43 Å². The summed E-state index contributed by atoms with van der Waals surface area (Å²) in [6.07, 6.45) is 15.9. The molecule has 0 aromatic heterocycles. The summed E-state index contributed by atoms with van der Waals surface area (Å²) in [6, 6.07) is 0.174. The smallest absolute Gasteiger partial charge is 0.0990 e. The lowest BCUT2D eigenvalue weighted by Crippen LogP contribution is -2.55. The lowest BCUT2D eigenvalue weighted by atomic mass is 9.92. The second-order valence-electron chi connectivity index (χ2n) is 10.6. The summed E-state index contributed by atoms with van der Waals surface area (Å²) in [5.41, 5.74) is 0.469. The van der Waals surface area contributed by atoms with E-state index in [1.807, 2.05) is 6.08 Å². The zero-order valence-corrected chi connectivity index (χ0v) is 21.1. The summed E-state index contributed by atoms with van der Waals surface area (Å²) in [7, 11) is -2.45. The van der Waals surface area contributed by atoms with Crippen LogP contribution in [0.2, 0.25) is 12.1 Å². The molecule has 166 valence electrons. The minimum Gasteiger partial charge on any atom is -0.0990 e. The Labute approximate surface area is 182 Å². The van der Waals surface area contributed by atoms with Crippen molar-refractivity contribution in [2.45, 2.75) is 116 Å². The highest BCUT2D eigenvalue weighted by Crippen LogP contribution is 2.55. The molecule has 0 aliphatic heterocycles. The maximum Gasteiger partial charge on any atom is 0.445 e. The SMILES string of the molecule is C=CC(=C)[Si](C)(C1C(C)C(C)C(C)C1C)[N+](=O)C1CCCCCCCCCCC1. The first-order valence-corrected chi connectivity index (χ1v) is 15.1. The molecule has 2 nitrogen and oxygen atoms in total. The van der Waals surface area contributed by atoms with Gasteiger partial charge in [-0.25, -0.2) is 0 Å². The number of rotatable bonds is 5. The van der Waals surface area contributed by atoms with Gasteiger partial charge in [-0.05, 0) is 48.0 Å². The molecule has 0 radical (unpaired) electrons. The van der Waals surface area contributed by atoms with Crippen molar-refractivity contribution in [1.29, 1.82) is 0 Å². The molecule has 5 atom stereocenters. The zero-order chi connectivity index (χ0) is 21.6. The van der Waals surface area contributed by atoms with Crippen LogP contribution in [-0.2, 0) is 0 Å². The van der Waals surface area contributed by atoms with Crippen molar-refractivity contribution in [2.75, 3.05) is 0 Å². The van der Waals surface area contributed by atoms with E-state index in [2.05, 4.69) is 47.4 Å². The van der Waals surface area contributed by atoms with Crippen LogP contribution in [0.5, 0.6) is 0 Å². The van der Waals surface area contributed by atoms with E-state index in [0.717, 1.165) is 18.0 Å². The van der Waals surface area contributed by atoms with E-state index in [4.69, 9.17) is 0 Å². The summed E-state index contributed by atoms with van der Waals surface area (Å²) < 4.78 is 1.66. The van der Waals surface area contributed by atoms with E-state index < -0.39 is 8.24 Å². The minimum atomic E-state index is -2.45. The molecule has 0 saturated heterocycles. The molecule has 2 aliphatic rings. The Kier molecular flexibility index (Phi) is 9.38. The average Bonchev–Trinajstić information content (AvgIpc) is 2.90. The van der Waals surface area contributed by atoms with Crippen LogP contribution in [0.4, 0.5) is 0 Å². The standard InChI is InChI=1S/C26H48NOSi/c1-8-20(2)29(7,26-23(5)21(3)22(4)24(26)6)27(28)25-18-16-14-12-10-9-11-13-15-17-19-25/h8,21-26H,1-2,9-19H2,3-7H3/q+1. The largest absolute Gasteiger partial charge is 0.445 e. The Morgan fingerprint density at radius 2 is 1.17 bits per heavy atom. The van der Waals surface area contributed by atoms with Crippen LogP contribution < -0.4 is 0 Å². The molecule has 2 aliphatic carbocycles. The summed E-state index contributed by atoms with van der Waals surface area (Å²) in [6.45, 7) is 20.4. The van der Waals surface area contributed by atoms with Gasteiger partial charge in [0.15, 0.2) is 6.04 Å². The number of nitrogens with zero attached hydrogens (tertiary/aromatic N) is 1. The van der Waals surface area contributed by atoms with Crippen LogP contribution in [0.25, 0.3) is 0 Å². The number of allylic oxidation sites excluding steroid dienone is 2. The molecule has 0 bridgehead atoms. The predicted octanol–water partition coefficient (Wildman–Crippen LogP) is 8.22. The normalized spacial score (nSPS) is 35.1. The van der Waals surface area contributed by atoms with Crippen molar-refractivity contribution in [2.24, 2.45) is 23.7 Å². The van der Waals surface area contributed by atoms with E-state index in [1.54, 1.807) is 4.43 Å². The van der Waals surface area contributed by atoms with Gasteiger partial charge >= 0.3 is 8.24 Å². The molecule has 0 heterocycles. The predicted molar refractivity (Wildman–Crippen MR) is 130 cm³/mol. The van der Waals surface area contributed by atoms with Crippen molar-refractivity contribution in [3.8, 4) is 0 Å². The summed E-state index contributed by atoms with van der Waals surface area (Å²) in [5.74, 6) is 2.50. The van der Waals surface area contributed by atoms with E-state index in [0.29, 0.717) is 29.2 Å². The van der Waals surface area contributed by atoms with Crippen LogP contribution in [0.15, 0.2) is 24.4 Å². The third-order valence-electron chi connectivity index (χ3n) is 9.03. The van der Waals surface area contributed by atoms with Gasteiger partial charge < -0.3 is 0 Å². The quantitative estimate of drug-likeness (QED) is 0.325. The second-order valence-corrected chi connectivity index (χ2v) is 14.6. The first-order chi connectivity index (χ1) is 13.8. The molecule has 0 spiro atoms. The maximum absolute atomic E-state index is 14.2. The second kappa shape index (κ2) is 11.1. The maximum atomic E-state index is 14.2. The van der Waals surface area contributed by atoms with Crippen molar-refractivity contribution >= 4 is 8.24 Å². The topological polar surface area (TPSA) is 20.1 Å². The molecule has 0 aromatic carbocycles. The Morgan fingerprint density at radius 1 is 0.793 bits per heavy atom. The molecule has 0 aromatic rings. The van der Waals surface area contributed by atoms with Gasteiger partial charge in [0.2, 0.25) is 0 Å². The van der Waals surface area contributed by atoms with Crippen molar-refractivity contribution in [1.82, 2.24) is 0 Å². The fraction of sp³-hybridized carbons (Fsp3) is 0.846. The Morgan fingerprint density at radius 3 is 1.55 bits per heavy atom. The molecule has 0 amide bonds.